The summed E-state index contributed by atoms with van der Waals surface area (Å²) in [5, 5.41) is 4.84. The van der Waals surface area contributed by atoms with Crippen molar-refractivity contribution in [3.05, 3.63) is 54.0 Å². The van der Waals surface area contributed by atoms with Crippen molar-refractivity contribution < 1.29 is 18.7 Å². The smallest absolute Gasteiger partial charge is 0.321 e. The second-order valence-corrected chi connectivity index (χ2v) is 5.29. The number of nitrogens with zero attached hydrogens (tertiary/aromatic N) is 1. The molecular weight excluding hydrogens is 310 g/mol. The molecule has 3 amide bonds. The first-order valence-electron chi connectivity index (χ1n) is 7.49. The number of ether oxygens (including phenoxy) is 1. The molecule has 0 spiro atoms. The molecule has 128 valence electrons. The van der Waals surface area contributed by atoms with E-state index in [9.17, 15) is 9.59 Å². The number of amides is 3. The number of benzene rings is 1. The molecule has 1 heterocycles. The highest BCUT2D eigenvalue weighted by molar-refractivity contribution is 5.95. The molecule has 2 rings (SSSR count). The van der Waals surface area contributed by atoms with Crippen LogP contribution in [0.4, 0.5) is 4.79 Å². The standard InChI is InChI=1S/C17H21N3O4/c1-20(11-13-6-3-4-8-15(13)23-2)12-16(21)19-17(22)18-10-14-7-5-9-24-14/h3-9H,10-12H2,1-2H3,(H2,18,19,21,22). The van der Waals surface area contributed by atoms with Crippen molar-refractivity contribution in [1.82, 2.24) is 15.5 Å². The van der Waals surface area contributed by atoms with Gasteiger partial charge in [0.2, 0.25) is 5.91 Å². The van der Waals surface area contributed by atoms with Crippen molar-refractivity contribution in [2.75, 3.05) is 20.7 Å². The van der Waals surface area contributed by atoms with Gasteiger partial charge in [-0.05, 0) is 25.2 Å². The fourth-order valence-corrected chi connectivity index (χ4v) is 2.22. The molecule has 24 heavy (non-hydrogen) atoms. The summed E-state index contributed by atoms with van der Waals surface area (Å²) in [5.74, 6) is 0.996. The first kappa shape index (κ1) is 17.6. The van der Waals surface area contributed by atoms with Crippen LogP contribution in [0, 0.1) is 0 Å². The second-order valence-electron chi connectivity index (χ2n) is 5.29. The molecule has 1 aromatic heterocycles. The fraction of sp³-hybridized carbons (Fsp3) is 0.294. The van der Waals surface area contributed by atoms with Crippen LogP contribution >= 0.6 is 0 Å². The van der Waals surface area contributed by atoms with Gasteiger partial charge in [-0.25, -0.2) is 4.79 Å². The van der Waals surface area contributed by atoms with Gasteiger partial charge < -0.3 is 14.5 Å². The third-order valence-corrected chi connectivity index (χ3v) is 3.30. The Morgan fingerprint density at radius 2 is 2.00 bits per heavy atom. The monoisotopic (exact) mass is 331 g/mol. The fourth-order valence-electron chi connectivity index (χ4n) is 2.22. The van der Waals surface area contributed by atoms with Crippen LogP contribution in [0.25, 0.3) is 0 Å². The van der Waals surface area contributed by atoms with Gasteiger partial charge in [-0.2, -0.15) is 0 Å². The summed E-state index contributed by atoms with van der Waals surface area (Å²) >= 11 is 0. The lowest BCUT2D eigenvalue weighted by molar-refractivity contribution is -0.121. The normalized spacial score (nSPS) is 10.5. The molecular formula is C17H21N3O4. The van der Waals surface area contributed by atoms with E-state index in [1.807, 2.05) is 24.3 Å². The van der Waals surface area contributed by atoms with Gasteiger partial charge in [0.1, 0.15) is 11.5 Å². The third kappa shape index (κ3) is 5.44. The Balaban J connectivity index is 1.75. The van der Waals surface area contributed by atoms with E-state index >= 15 is 0 Å². The number of para-hydroxylation sites is 1. The maximum absolute atomic E-state index is 11.9. The van der Waals surface area contributed by atoms with Crippen molar-refractivity contribution in [2.24, 2.45) is 0 Å². The maximum atomic E-state index is 11.9. The highest BCUT2D eigenvalue weighted by Gasteiger charge is 2.12. The van der Waals surface area contributed by atoms with Crippen molar-refractivity contribution >= 4 is 11.9 Å². The topological polar surface area (TPSA) is 83.8 Å². The summed E-state index contributed by atoms with van der Waals surface area (Å²) < 4.78 is 10.4. The van der Waals surface area contributed by atoms with E-state index in [1.54, 1.807) is 31.2 Å². The predicted molar refractivity (Wildman–Crippen MR) is 88.4 cm³/mol. The molecule has 0 aliphatic rings. The average Bonchev–Trinajstić information content (AvgIpc) is 3.06. The van der Waals surface area contributed by atoms with Gasteiger partial charge >= 0.3 is 6.03 Å². The van der Waals surface area contributed by atoms with Gasteiger partial charge in [-0.1, -0.05) is 18.2 Å². The lowest BCUT2D eigenvalue weighted by atomic mass is 10.2. The molecule has 0 bridgehead atoms. The Bertz CT molecular complexity index is 670. The molecule has 0 aliphatic carbocycles. The number of nitrogens with one attached hydrogen (secondary N) is 2. The van der Waals surface area contributed by atoms with E-state index in [0.29, 0.717) is 12.3 Å². The first-order valence-corrected chi connectivity index (χ1v) is 7.49. The molecule has 2 N–H and O–H groups in total. The summed E-state index contributed by atoms with van der Waals surface area (Å²) in [6, 6.07) is 10.5. The molecule has 0 unspecified atom stereocenters. The van der Waals surface area contributed by atoms with Crippen molar-refractivity contribution in [3.8, 4) is 5.75 Å². The molecule has 7 nitrogen and oxygen atoms in total. The van der Waals surface area contributed by atoms with Crippen LogP contribution in [0.5, 0.6) is 5.75 Å². The number of urea groups is 1. The van der Waals surface area contributed by atoms with Crippen LogP contribution in [0.15, 0.2) is 47.1 Å². The van der Waals surface area contributed by atoms with Gasteiger partial charge in [-0.3, -0.25) is 15.0 Å². The molecule has 0 fully saturated rings. The van der Waals surface area contributed by atoms with E-state index < -0.39 is 6.03 Å². The highest BCUT2D eigenvalue weighted by atomic mass is 16.5. The number of likely N-dealkylation sites (N-methyl/N-ethyl adjacent to an activating group) is 1. The molecule has 2 aromatic rings. The number of hydrogen-bond donors (Lipinski definition) is 2. The van der Waals surface area contributed by atoms with Crippen LogP contribution in [-0.4, -0.2) is 37.5 Å². The zero-order chi connectivity index (χ0) is 17.4. The van der Waals surface area contributed by atoms with Crippen molar-refractivity contribution in [2.45, 2.75) is 13.1 Å². The van der Waals surface area contributed by atoms with Gasteiger partial charge in [0, 0.05) is 12.1 Å². The Morgan fingerprint density at radius 3 is 2.71 bits per heavy atom. The minimum atomic E-state index is -0.554. The number of hydrogen-bond acceptors (Lipinski definition) is 5. The van der Waals surface area contributed by atoms with E-state index in [0.717, 1.165) is 11.3 Å². The molecule has 0 aliphatic heterocycles. The lowest BCUT2D eigenvalue weighted by Gasteiger charge is -2.17. The van der Waals surface area contributed by atoms with Crippen LogP contribution < -0.4 is 15.4 Å². The van der Waals surface area contributed by atoms with Gasteiger partial charge in [0.05, 0.1) is 26.5 Å². The average molecular weight is 331 g/mol. The molecule has 0 radical (unpaired) electrons. The Labute approximate surface area is 140 Å². The summed E-state index contributed by atoms with van der Waals surface area (Å²) in [4.78, 5) is 25.4. The van der Waals surface area contributed by atoms with Crippen LogP contribution in [0.3, 0.4) is 0 Å². The number of carbonyl (C=O) groups is 2. The highest BCUT2D eigenvalue weighted by Crippen LogP contribution is 2.18. The van der Waals surface area contributed by atoms with Crippen LogP contribution in [0.1, 0.15) is 11.3 Å². The summed E-state index contributed by atoms with van der Waals surface area (Å²) in [7, 11) is 3.40. The van der Waals surface area contributed by atoms with Gasteiger partial charge in [0.15, 0.2) is 0 Å². The number of methoxy groups -OCH3 is 1. The largest absolute Gasteiger partial charge is 0.496 e. The second kappa shape index (κ2) is 8.73. The zero-order valence-corrected chi connectivity index (χ0v) is 13.7. The van der Waals surface area contributed by atoms with Gasteiger partial charge in [-0.15, -0.1) is 0 Å². The maximum Gasteiger partial charge on any atom is 0.321 e. The molecule has 0 saturated carbocycles. The lowest BCUT2D eigenvalue weighted by Crippen LogP contribution is -2.43. The number of carbonyl (C=O) groups excluding carboxylic acids is 2. The van der Waals surface area contributed by atoms with E-state index in [4.69, 9.17) is 9.15 Å². The summed E-state index contributed by atoms with van der Waals surface area (Å²) in [5.41, 5.74) is 0.970. The van der Waals surface area contributed by atoms with Gasteiger partial charge in [0.25, 0.3) is 0 Å². The summed E-state index contributed by atoms with van der Waals surface area (Å²) in [6.45, 7) is 0.848. The molecule has 1 aromatic carbocycles. The number of imide groups is 1. The minimum Gasteiger partial charge on any atom is -0.496 e. The van der Waals surface area contributed by atoms with E-state index in [1.165, 1.54) is 6.26 Å². The molecule has 0 saturated heterocycles. The van der Waals surface area contributed by atoms with Crippen molar-refractivity contribution in [3.63, 3.8) is 0 Å². The Hall–Kier alpha value is -2.80. The van der Waals surface area contributed by atoms with Crippen molar-refractivity contribution in [1.29, 1.82) is 0 Å². The summed E-state index contributed by atoms with van der Waals surface area (Å²) in [6.07, 6.45) is 1.52. The first-order chi connectivity index (χ1) is 11.6. The zero-order valence-electron chi connectivity index (χ0n) is 13.7. The van der Waals surface area contributed by atoms with E-state index in [2.05, 4.69) is 10.6 Å². The Kier molecular flexibility index (Phi) is 6.39. The molecule has 7 heteroatoms. The molecule has 0 atom stereocenters. The third-order valence-electron chi connectivity index (χ3n) is 3.30. The number of rotatable bonds is 7. The predicted octanol–water partition coefficient (Wildman–Crippen LogP) is 1.75. The SMILES string of the molecule is COc1ccccc1CN(C)CC(=O)NC(=O)NCc1ccco1. The number of furan rings is 1. The quantitative estimate of drug-likeness (QED) is 0.807. The minimum absolute atomic E-state index is 0.0895. The van der Waals surface area contributed by atoms with Crippen LogP contribution in [0.2, 0.25) is 0 Å². The van der Waals surface area contributed by atoms with E-state index in [-0.39, 0.29) is 19.0 Å². The Morgan fingerprint density at radius 1 is 1.21 bits per heavy atom. The van der Waals surface area contributed by atoms with Crippen LogP contribution in [-0.2, 0) is 17.9 Å².